The van der Waals surface area contributed by atoms with E-state index in [0.717, 1.165) is 21.6 Å². The minimum Gasteiger partial charge on any atom is -0.298 e. The molecular formula is C18H13BrClNO4S2. The average molecular weight is 487 g/mol. The molecule has 27 heavy (non-hydrogen) atoms. The number of carbonyl (C=O) groups excluding carboxylic acids is 2. The van der Waals surface area contributed by atoms with Crippen LogP contribution in [-0.2, 0) is 14.6 Å². The summed E-state index contributed by atoms with van der Waals surface area (Å²) in [5, 5.41) is 1.69. The van der Waals surface area contributed by atoms with E-state index in [4.69, 9.17) is 11.6 Å². The number of Topliss-reactive ketones (excluding diaryl/α,β-unsaturated/α-hetero) is 1. The molecule has 0 atom stereocenters. The molecule has 1 fully saturated rings. The van der Waals surface area contributed by atoms with Gasteiger partial charge in [-0.05, 0) is 36.4 Å². The lowest BCUT2D eigenvalue weighted by Crippen LogP contribution is -2.30. The normalized spacial score (nSPS) is 16.1. The van der Waals surface area contributed by atoms with Gasteiger partial charge in [0, 0.05) is 15.1 Å². The van der Waals surface area contributed by atoms with Crippen molar-refractivity contribution in [2.75, 3.05) is 12.3 Å². The molecule has 0 bridgehead atoms. The molecule has 1 heterocycles. The number of halogens is 2. The Morgan fingerprint density at radius 3 is 2.41 bits per heavy atom. The van der Waals surface area contributed by atoms with Crippen LogP contribution in [0, 0.1) is 0 Å². The molecular weight excluding hydrogens is 474 g/mol. The Morgan fingerprint density at radius 1 is 1.15 bits per heavy atom. The molecule has 2 aromatic rings. The Labute approximate surface area is 174 Å². The van der Waals surface area contributed by atoms with E-state index in [9.17, 15) is 18.0 Å². The molecule has 2 aromatic carbocycles. The van der Waals surface area contributed by atoms with Gasteiger partial charge in [0.15, 0.2) is 5.78 Å². The van der Waals surface area contributed by atoms with Crippen molar-refractivity contribution in [1.29, 1.82) is 0 Å². The third-order valence-corrected chi connectivity index (χ3v) is 7.19. The second-order valence-corrected chi connectivity index (χ2v) is 9.80. The molecule has 1 amide bonds. The first-order valence-corrected chi connectivity index (χ1v) is 11.4. The van der Waals surface area contributed by atoms with Gasteiger partial charge in [0.1, 0.15) is 0 Å². The number of amides is 1. The van der Waals surface area contributed by atoms with E-state index < -0.39 is 9.84 Å². The van der Waals surface area contributed by atoms with Crippen LogP contribution >= 0.6 is 39.3 Å². The molecule has 0 N–H and O–H groups in total. The van der Waals surface area contributed by atoms with E-state index in [2.05, 4.69) is 15.9 Å². The maximum Gasteiger partial charge on any atom is 0.238 e. The minimum atomic E-state index is -3.78. The summed E-state index contributed by atoms with van der Waals surface area (Å²) in [5.74, 6) is -0.480. The van der Waals surface area contributed by atoms with Gasteiger partial charge in [-0.15, -0.1) is 0 Å². The molecule has 1 aliphatic heterocycles. The van der Waals surface area contributed by atoms with Gasteiger partial charge in [0.2, 0.25) is 15.7 Å². The zero-order chi connectivity index (χ0) is 19.6. The number of carbonyl (C=O) groups is 2. The van der Waals surface area contributed by atoms with Gasteiger partial charge in [-0.25, -0.2) is 8.42 Å². The Hall–Kier alpha value is -1.61. The number of hydrogen-bond acceptors (Lipinski definition) is 5. The van der Waals surface area contributed by atoms with Crippen LogP contribution in [0.15, 0.2) is 68.3 Å². The van der Waals surface area contributed by atoms with Crippen molar-refractivity contribution in [3.05, 3.63) is 74.0 Å². The molecule has 0 aliphatic carbocycles. The molecule has 1 aliphatic rings. The van der Waals surface area contributed by atoms with Crippen LogP contribution in [0.25, 0.3) is 0 Å². The van der Waals surface area contributed by atoms with E-state index in [1.807, 2.05) is 0 Å². The fourth-order valence-electron chi connectivity index (χ4n) is 2.37. The van der Waals surface area contributed by atoms with E-state index in [0.29, 0.717) is 10.6 Å². The summed E-state index contributed by atoms with van der Waals surface area (Å²) >= 11 is 10.2. The maximum absolute atomic E-state index is 12.6. The number of sulfone groups is 1. The molecule has 140 valence electrons. The zero-order valence-corrected chi connectivity index (χ0v) is 17.7. The van der Waals surface area contributed by atoms with Gasteiger partial charge < -0.3 is 0 Å². The van der Waals surface area contributed by atoms with E-state index >= 15 is 0 Å². The van der Waals surface area contributed by atoms with Crippen LogP contribution in [0.4, 0.5) is 0 Å². The molecule has 5 nitrogen and oxygen atoms in total. The van der Waals surface area contributed by atoms with Crippen molar-refractivity contribution in [1.82, 2.24) is 4.90 Å². The highest BCUT2D eigenvalue weighted by molar-refractivity contribution is 9.10. The van der Waals surface area contributed by atoms with Crippen LogP contribution < -0.4 is 0 Å². The lowest BCUT2D eigenvalue weighted by molar-refractivity contribution is -0.125. The van der Waals surface area contributed by atoms with Crippen molar-refractivity contribution in [3.63, 3.8) is 0 Å². The van der Waals surface area contributed by atoms with Crippen molar-refractivity contribution >= 4 is 60.8 Å². The van der Waals surface area contributed by atoms with Crippen molar-refractivity contribution in [3.8, 4) is 0 Å². The first-order valence-electron chi connectivity index (χ1n) is 7.70. The topological polar surface area (TPSA) is 71.5 Å². The summed E-state index contributed by atoms with van der Waals surface area (Å²) in [4.78, 5) is 25.9. The molecule has 0 radical (unpaired) electrons. The number of thioether (sulfide) groups is 1. The van der Waals surface area contributed by atoms with Crippen LogP contribution in [0.3, 0.4) is 0 Å². The van der Waals surface area contributed by atoms with Crippen LogP contribution in [0.5, 0.6) is 0 Å². The lowest BCUT2D eigenvalue weighted by atomic mass is 10.1. The highest BCUT2D eigenvalue weighted by Gasteiger charge is 2.30. The van der Waals surface area contributed by atoms with Crippen molar-refractivity contribution in [2.24, 2.45) is 0 Å². The third kappa shape index (κ3) is 4.82. The molecule has 9 heteroatoms. The number of ketones is 1. The molecule has 0 saturated carbocycles. The van der Waals surface area contributed by atoms with Gasteiger partial charge >= 0.3 is 0 Å². The fourth-order valence-corrected chi connectivity index (χ4v) is 5.21. The summed E-state index contributed by atoms with van der Waals surface area (Å²) in [7, 11) is -3.78. The van der Waals surface area contributed by atoms with Gasteiger partial charge in [0.25, 0.3) is 0 Å². The average Bonchev–Trinajstić information content (AvgIpc) is 2.95. The Balaban J connectivity index is 1.85. The summed E-state index contributed by atoms with van der Waals surface area (Å²) in [6.45, 7) is -0.213. The van der Waals surface area contributed by atoms with E-state index in [1.54, 1.807) is 24.3 Å². The Morgan fingerprint density at radius 2 is 1.78 bits per heavy atom. The molecule has 0 aromatic heterocycles. The fraction of sp³-hybridized carbons (Fsp3) is 0.111. The Bertz CT molecular complexity index is 1020. The quantitative estimate of drug-likeness (QED) is 0.594. The van der Waals surface area contributed by atoms with Gasteiger partial charge in [-0.1, -0.05) is 51.4 Å². The van der Waals surface area contributed by atoms with Gasteiger partial charge in [-0.3, -0.25) is 14.5 Å². The smallest absolute Gasteiger partial charge is 0.238 e. The first kappa shape index (κ1) is 20.1. The number of benzene rings is 2. The van der Waals surface area contributed by atoms with Crippen LogP contribution in [0.2, 0.25) is 5.02 Å². The highest BCUT2D eigenvalue weighted by atomic mass is 79.9. The van der Waals surface area contributed by atoms with Gasteiger partial charge in [-0.2, -0.15) is 0 Å². The minimum absolute atomic E-state index is 0.0681. The van der Waals surface area contributed by atoms with E-state index in [-0.39, 0.29) is 33.9 Å². The number of rotatable bonds is 5. The molecule has 3 rings (SSSR count). The SMILES string of the molecule is O=C(CN1C(=O)CS/C1=C/S(=O)(=O)c1ccc(Cl)cc1)c1ccc(Br)cc1. The summed E-state index contributed by atoms with van der Waals surface area (Å²) in [6.07, 6.45) is 0. The number of nitrogens with zero attached hydrogens (tertiary/aromatic N) is 1. The third-order valence-electron chi connectivity index (χ3n) is 3.78. The predicted octanol–water partition coefficient (Wildman–Crippen LogP) is 4.13. The van der Waals surface area contributed by atoms with Gasteiger partial charge in [0.05, 0.1) is 27.6 Å². The Kier molecular flexibility index (Phi) is 6.10. The lowest BCUT2D eigenvalue weighted by Gasteiger charge is -2.16. The van der Waals surface area contributed by atoms with Crippen molar-refractivity contribution in [2.45, 2.75) is 4.90 Å². The second kappa shape index (κ2) is 8.18. The second-order valence-electron chi connectivity index (χ2n) is 5.65. The molecule has 1 saturated heterocycles. The molecule has 0 unspecified atom stereocenters. The largest absolute Gasteiger partial charge is 0.298 e. The first-order chi connectivity index (χ1) is 12.8. The monoisotopic (exact) mass is 485 g/mol. The van der Waals surface area contributed by atoms with Crippen molar-refractivity contribution < 1.29 is 18.0 Å². The number of hydrogen-bond donors (Lipinski definition) is 0. The summed E-state index contributed by atoms with van der Waals surface area (Å²) in [6, 6.07) is 12.5. The summed E-state index contributed by atoms with van der Waals surface area (Å²) in [5.41, 5.74) is 0.447. The zero-order valence-electron chi connectivity index (χ0n) is 13.8. The van der Waals surface area contributed by atoms with E-state index in [1.165, 1.54) is 29.2 Å². The summed E-state index contributed by atoms with van der Waals surface area (Å²) < 4.78 is 26.0. The predicted molar refractivity (Wildman–Crippen MR) is 109 cm³/mol. The highest BCUT2D eigenvalue weighted by Crippen LogP contribution is 2.31. The standard InChI is InChI=1S/C18H13BrClNO4S2/c19-13-3-1-12(2-4-13)16(22)9-21-17(23)10-26-18(21)11-27(24,25)15-7-5-14(20)6-8-15/h1-8,11H,9-10H2/b18-11+. The maximum atomic E-state index is 12.6. The van der Waals surface area contributed by atoms with Crippen LogP contribution in [0.1, 0.15) is 10.4 Å². The van der Waals surface area contributed by atoms with Crippen LogP contribution in [-0.4, -0.2) is 37.3 Å². The molecule has 0 spiro atoms.